The third-order valence-corrected chi connectivity index (χ3v) is 4.74. The second-order valence-electron chi connectivity index (χ2n) is 5.92. The molecule has 0 spiro atoms. The van der Waals surface area contributed by atoms with Crippen molar-refractivity contribution in [3.8, 4) is 5.75 Å². The highest BCUT2D eigenvalue weighted by molar-refractivity contribution is 6.35. The topological polar surface area (TPSA) is 56.1 Å². The summed E-state index contributed by atoms with van der Waals surface area (Å²) in [5, 5.41) is 8.25. The van der Waals surface area contributed by atoms with Gasteiger partial charge in [0.2, 0.25) is 0 Å². The molecule has 24 heavy (non-hydrogen) atoms. The summed E-state index contributed by atoms with van der Waals surface area (Å²) in [5.41, 5.74) is 0. The number of benzene rings is 1. The van der Waals surface area contributed by atoms with E-state index in [0.717, 1.165) is 25.7 Å². The normalized spacial score (nSPS) is 20.6. The van der Waals surface area contributed by atoms with Gasteiger partial charge in [-0.3, -0.25) is 9.48 Å². The molecule has 5 nitrogen and oxygen atoms in total. The van der Waals surface area contributed by atoms with Crippen LogP contribution in [-0.2, 0) is 4.79 Å². The molecule has 1 saturated carbocycles. The Balaban J connectivity index is 1.43. The summed E-state index contributed by atoms with van der Waals surface area (Å²) in [5.74, 6) is 0.321. The minimum atomic E-state index is -0.136. The number of amides is 1. The lowest BCUT2D eigenvalue weighted by molar-refractivity contribution is -0.124. The molecule has 1 aromatic heterocycles. The van der Waals surface area contributed by atoms with E-state index in [9.17, 15) is 4.79 Å². The molecule has 0 aliphatic heterocycles. The second-order valence-corrected chi connectivity index (χ2v) is 6.77. The van der Waals surface area contributed by atoms with Gasteiger partial charge in [-0.1, -0.05) is 23.2 Å². The number of ether oxygens (including phenoxy) is 1. The summed E-state index contributed by atoms with van der Waals surface area (Å²) in [6.45, 7) is -0.0551. The standard InChI is InChI=1S/C17H19Cl2N3O2/c18-12-2-7-16(15(19)10-12)24-11-17(23)21-13-3-5-14(6-4-13)22-9-1-8-20-22/h1-2,7-10,13-14H,3-6,11H2,(H,21,23). The van der Waals surface area contributed by atoms with Crippen LogP contribution in [0.3, 0.4) is 0 Å². The van der Waals surface area contributed by atoms with E-state index >= 15 is 0 Å². The predicted molar refractivity (Wildman–Crippen MR) is 93.6 cm³/mol. The number of rotatable bonds is 5. The van der Waals surface area contributed by atoms with E-state index < -0.39 is 0 Å². The van der Waals surface area contributed by atoms with E-state index in [2.05, 4.69) is 10.4 Å². The molecule has 0 saturated heterocycles. The van der Waals surface area contributed by atoms with Crippen molar-refractivity contribution in [2.24, 2.45) is 0 Å². The molecule has 3 rings (SSSR count). The van der Waals surface area contributed by atoms with Crippen molar-refractivity contribution in [2.75, 3.05) is 6.61 Å². The van der Waals surface area contributed by atoms with Crippen molar-refractivity contribution >= 4 is 29.1 Å². The van der Waals surface area contributed by atoms with E-state index in [1.165, 1.54) is 0 Å². The van der Waals surface area contributed by atoms with Crippen LogP contribution >= 0.6 is 23.2 Å². The Morgan fingerprint density at radius 1 is 1.29 bits per heavy atom. The minimum Gasteiger partial charge on any atom is -0.482 e. The van der Waals surface area contributed by atoms with Gasteiger partial charge in [0.25, 0.3) is 5.91 Å². The first-order valence-corrected chi connectivity index (χ1v) is 8.74. The van der Waals surface area contributed by atoms with Gasteiger partial charge in [-0.05, 0) is 49.9 Å². The summed E-state index contributed by atoms with van der Waals surface area (Å²) in [7, 11) is 0. The highest BCUT2D eigenvalue weighted by Crippen LogP contribution is 2.28. The number of hydrogen-bond donors (Lipinski definition) is 1. The maximum Gasteiger partial charge on any atom is 0.258 e. The molecule has 1 aromatic carbocycles. The van der Waals surface area contributed by atoms with Gasteiger partial charge >= 0.3 is 0 Å². The number of halogens is 2. The number of aromatic nitrogens is 2. The van der Waals surface area contributed by atoms with Crippen molar-refractivity contribution in [2.45, 2.75) is 37.8 Å². The highest BCUT2D eigenvalue weighted by Gasteiger charge is 2.23. The number of hydrogen-bond acceptors (Lipinski definition) is 3. The quantitative estimate of drug-likeness (QED) is 0.872. The fourth-order valence-electron chi connectivity index (χ4n) is 2.99. The average Bonchev–Trinajstić information content (AvgIpc) is 3.09. The van der Waals surface area contributed by atoms with Gasteiger partial charge in [-0.25, -0.2) is 0 Å². The van der Waals surface area contributed by atoms with Crippen LogP contribution in [0.15, 0.2) is 36.7 Å². The first-order chi connectivity index (χ1) is 11.6. The first kappa shape index (κ1) is 17.1. The summed E-state index contributed by atoms with van der Waals surface area (Å²) < 4.78 is 7.46. The molecule has 0 unspecified atom stereocenters. The molecular weight excluding hydrogens is 349 g/mol. The molecule has 0 atom stereocenters. The summed E-state index contributed by atoms with van der Waals surface area (Å²) >= 11 is 11.9. The van der Waals surface area contributed by atoms with E-state index in [-0.39, 0.29) is 18.6 Å². The van der Waals surface area contributed by atoms with Crippen molar-refractivity contribution < 1.29 is 9.53 Å². The Kier molecular flexibility index (Phi) is 5.63. The molecular formula is C17H19Cl2N3O2. The van der Waals surface area contributed by atoms with Crippen molar-refractivity contribution in [1.29, 1.82) is 0 Å². The van der Waals surface area contributed by atoms with Crippen LogP contribution in [-0.4, -0.2) is 28.3 Å². The maximum absolute atomic E-state index is 12.1. The Bertz CT molecular complexity index is 683. The number of carbonyl (C=O) groups excluding carboxylic acids is 1. The van der Waals surface area contributed by atoms with E-state index in [1.807, 2.05) is 16.9 Å². The zero-order valence-corrected chi connectivity index (χ0v) is 14.6. The van der Waals surface area contributed by atoms with Crippen LogP contribution in [0.2, 0.25) is 10.0 Å². The fourth-order valence-corrected chi connectivity index (χ4v) is 3.45. The van der Waals surface area contributed by atoms with Crippen LogP contribution in [0.4, 0.5) is 0 Å². The summed E-state index contributed by atoms with van der Waals surface area (Å²) in [4.78, 5) is 12.1. The minimum absolute atomic E-state index is 0.0551. The molecule has 0 bridgehead atoms. The lowest BCUT2D eigenvalue weighted by Gasteiger charge is -2.29. The molecule has 128 valence electrons. The fraction of sp³-hybridized carbons (Fsp3) is 0.412. The monoisotopic (exact) mass is 367 g/mol. The molecule has 2 aromatic rings. The smallest absolute Gasteiger partial charge is 0.258 e. The van der Waals surface area contributed by atoms with Crippen LogP contribution in [0.5, 0.6) is 5.75 Å². The van der Waals surface area contributed by atoms with Crippen LogP contribution in [0, 0.1) is 0 Å². The van der Waals surface area contributed by atoms with Crippen LogP contribution in [0.25, 0.3) is 0 Å². The molecule has 1 aliphatic carbocycles. The number of nitrogens with one attached hydrogen (secondary N) is 1. The molecule has 1 amide bonds. The first-order valence-electron chi connectivity index (χ1n) is 7.98. The average molecular weight is 368 g/mol. The molecule has 1 fully saturated rings. The molecule has 1 aliphatic rings. The lowest BCUT2D eigenvalue weighted by atomic mass is 9.91. The van der Waals surface area contributed by atoms with Gasteiger partial charge in [-0.2, -0.15) is 5.10 Å². The van der Waals surface area contributed by atoms with Crippen molar-refractivity contribution in [3.05, 3.63) is 46.7 Å². The van der Waals surface area contributed by atoms with Gasteiger partial charge in [-0.15, -0.1) is 0 Å². The van der Waals surface area contributed by atoms with Crippen LogP contribution in [0.1, 0.15) is 31.7 Å². The molecule has 1 N–H and O–H groups in total. The van der Waals surface area contributed by atoms with Gasteiger partial charge in [0, 0.05) is 23.5 Å². The van der Waals surface area contributed by atoms with Gasteiger partial charge in [0.1, 0.15) is 5.75 Å². The molecule has 1 heterocycles. The third-order valence-electron chi connectivity index (χ3n) is 4.21. The van der Waals surface area contributed by atoms with Gasteiger partial charge in [0.05, 0.1) is 11.1 Å². The van der Waals surface area contributed by atoms with E-state index in [0.29, 0.717) is 21.8 Å². The third kappa shape index (κ3) is 4.42. The highest BCUT2D eigenvalue weighted by atomic mass is 35.5. The number of nitrogens with zero attached hydrogens (tertiary/aromatic N) is 2. The van der Waals surface area contributed by atoms with E-state index in [1.54, 1.807) is 24.4 Å². The van der Waals surface area contributed by atoms with Crippen molar-refractivity contribution in [1.82, 2.24) is 15.1 Å². The lowest BCUT2D eigenvalue weighted by Crippen LogP contribution is -2.40. The van der Waals surface area contributed by atoms with Gasteiger partial charge < -0.3 is 10.1 Å². The molecule has 7 heteroatoms. The zero-order chi connectivity index (χ0) is 16.9. The largest absolute Gasteiger partial charge is 0.482 e. The Hall–Kier alpha value is -1.72. The Labute approximate surface area is 150 Å². The predicted octanol–water partition coefficient (Wildman–Crippen LogP) is 3.87. The second kappa shape index (κ2) is 7.90. The number of carbonyl (C=O) groups is 1. The zero-order valence-electron chi connectivity index (χ0n) is 13.1. The van der Waals surface area contributed by atoms with Crippen molar-refractivity contribution in [3.63, 3.8) is 0 Å². The summed E-state index contributed by atoms with van der Waals surface area (Å²) in [6, 6.07) is 7.48. The maximum atomic E-state index is 12.1. The SMILES string of the molecule is O=C(COc1ccc(Cl)cc1Cl)NC1CCC(n2cccn2)CC1. The molecule has 0 radical (unpaired) electrons. The summed E-state index contributed by atoms with van der Waals surface area (Å²) in [6.07, 6.45) is 7.70. The Morgan fingerprint density at radius 3 is 2.75 bits per heavy atom. The van der Waals surface area contributed by atoms with Gasteiger partial charge in [0.15, 0.2) is 6.61 Å². The van der Waals surface area contributed by atoms with E-state index in [4.69, 9.17) is 27.9 Å². The van der Waals surface area contributed by atoms with Crippen LogP contribution < -0.4 is 10.1 Å². The Morgan fingerprint density at radius 2 is 2.08 bits per heavy atom.